The smallest absolute Gasteiger partial charge is 0.0348 e. The SMILES string of the molecule is C=Cc1ccc(C=C)c(-c2cccs2)c1. The summed E-state index contributed by atoms with van der Waals surface area (Å²) in [4.78, 5) is 1.27. The van der Waals surface area contributed by atoms with E-state index in [1.54, 1.807) is 11.3 Å². The van der Waals surface area contributed by atoms with E-state index in [-0.39, 0.29) is 0 Å². The first-order valence-corrected chi connectivity index (χ1v) is 5.66. The lowest BCUT2D eigenvalue weighted by Crippen LogP contribution is -1.81. The van der Waals surface area contributed by atoms with Gasteiger partial charge in [0.1, 0.15) is 0 Å². The minimum Gasteiger partial charge on any atom is -0.144 e. The van der Waals surface area contributed by atoms with Crippen molar-refractivity contribution in [1.82, 2.24) is 0 Å². The molecule has 0 N–H and O–H groups in total. The molecule has 0 nitrogen and oxygen atoms in total. The molecule has 0 saturated carbocycles. The van der Waals surface area contributed by atoms with E-state index in [2.05, 4.69) is 48.9 Å². The van der Waals surface area contributed by atoms with Crippen molar-refractivity contribution in [2.45, 2.75) is 0 Å². The van der Waals surface area contributed by atoms with Crippen LogP contribution in [0.1, 0.15) is 11.1 Å². The number of benzene rings is 1. The standard InChI is InChI=1S/C14H12S/c1-3-11-7-8-12(4-2)13(10-11)14-6-5-9-15-14/h3-10H,1-2H2. The van der Waals surface area contributed by atoms with Crippen LogP contribution < -0.4 is 0 Å². The van der Waals surface area contributed by atoms with Crippen molar-refractivity contribution in [3.8, 4) is 10.4 Å². The van der Waals surface area contributed by atoms with Crippen LogP contribution in [0.15, 0.2) is 48.9 Å². The van der Waals surface area contributed by atoms with Gasteiger partial charge in [0.15, 0.2) is 0 Å². The Kier molecular flexibility index (Phi) is 2.84. The predicted octanol–water partition coefficient (Wildman–Crippen LogP) is 4.70. The molecule has 0 fully saturated rings. The Bertz CT molecular complexity index is 478. The number of rotatable bonds is 3. The summed E-state index contributed by atoms with van der Waals surface area (Å²) in [6.07, 6.45) is 3.76. The van der Waals surface area contributed by atoms with Crippen LogP contribution >= 0.6 is 11.3 Å². The summed E-state index contributed by atoms with van der Waals surface area (Å²) in [5.74, 6) is 0. The quantitative estimate of drug-likeness (QED) is 0.691. The molecule has 1 heteroatoms. The molecule has 1 aromatic carbocycles. The summed E-state index contributed by atoms with van der Waals surface area (Å²) in [5.41, 5.74) is 3.55. The van der Waals surface area contributed by atoms with Gasteiger partial charge in [-0.1, -0.05) is 43.5 Å². The highest BCUT2D eigenvalue weighted by Crippen LogP contribution is 2.29. The maximum atomic E-state index is 3.84. The maximum absolute atomic E-state index is 3.84. The van der Waals surface area contributed by atoms with Crippen LogP contribution in [0.4, 0.5) is 0 Å². The molecule has 15 heavy (non-hydrogen) atoms. The van der Waals surface area contributed by atoms with Crippen LogP contribution in [0.3, 0.4) is 0 Å². The van der Waals surface area contributed by atoms with Crippen molar-refractivity contribution in [1.29, 1.82) is 0 Å². The van der Waals surface area contributed by atoms with Gasteiger partial charge < -0.3 is 0 Å². The molecule has 0 aliphatic heterocycles. The van der Waals surface area contributed by atoms with E-state index in [9.17, 15) is 0 Å². The molecule has 0 aliphatic carbocycles. The third-order valence-electron chi connectivity index (χ3n) is 2.32. The van der Waals surface area contributed by atoms with E-state index >= 15 is 0 Å². The van der Waals surface area contributed by atoms with Crippen LogP contribution in [0.2, 0.25) is 0 Å². The molecule has 0 spiro atoms. The molecule has 0 amide bonds. The summed E-state index contributed by atoms with van der Waals surface area (Å²) < 4.78 is 0. The molecule has 0 atom stereocenters. The number of thiophene rings is 1. The summed E-state index contributed by atoms with van der Waals surface area (Å²) in [7, 11) is 0. The lowest BCUT2D eigenvalue weighted by atomic mass is 10.0. The van der Waals surface area contributed by atoms with Crippen molar-refractivity contribution in [3.63, 3.8) is 0 Å². The fourth-order valence-corrected chi connectivity index (χ4v) is 2.29. The highest BCUT2D eigenvalue weighted by molar-refractivity contribution is 7.13. The topological polar surface area (TPSA) is 0 Å². The minimum atomic E-state index is 1.14. The summed E-state index contributed by atoms with van der Waals surface area (Å²) >= 11 is 1.74. The molecule has 0 radical (unpaired) electrons. The zero-order valence-electron chi connectivity index (χ0n) is 8.44. The van der Waals surface area contributed by atoms with Crippen LogP contribution in [0.25, 0.3) is 22.6 Å². The van der Waals surface area contributed by atoms with E-state index in [1.165, 1.54) is 16.0 Å². The van der Waals surface area contributed by atoms with Gasteiger partial charge in [0.2, 0.25) is 0 Å². The lowest BCUT2D eigenvalue weighted by Gasteiger charge is -2.05. The molecule has 74 valence electrons. The highest BCUT2D eigenvalue weighted by atomic mass is 32.1. The van der Waals surface area contributed by atoms with Gasteiger partial charge in [-0.25, -0.2) is 0 Å². The molecule has 1 aromatic heterocycles. The largest absolute Gasteiger partial charge is 0.144 e. The van der Waals surface area contributed by atoms with Gasteiger partial charge >= 0.3 is 0 Å². The molecule has 0 unspecified atom stereocenters. The lowest BCUT2D eigenvalue weighted by molar-refractivity contribution is 1.62. The zero-order valence-corrected chi connectivity index (χ0v) is 9.26. The number of hydrogen-bond donors (Lipinski definition) is 0. The van der Waals surface area contributed by atoms with Crippen molar-refractivity contribution in [2.75, 3.05) is 0 Å². The summed E-state index contributed by atoms with van der Waals surface area (Å²) in [6.45, 7) is 7.62. The van der Waals surface area contributed by atoms with Gasteiger partial charge in [0, 0.05) is 4.88 Å². The third-order valence-corrected chi connectivity index (χ3v) is 3.22. The first-order valence-electron chi connectivity index (χ1n) is 4.78. The maximum Gasteiger partial charge on any atom is 0.0348 e. The van der Waals surface area contributed by atoms with Crippen molar-refractivity contribution >= 4 is 23.5 Å². The number of hydrogen-bond acceptors (Lipinski definition) is 1. The van der Waals surface area contributed by atoms with Crippen molar-refractivity contribution in [2.24, 2.45) is 0 Å². The Labute approximate surface area is 94.2 Å². The molecule has 2 aromatic rings. The Morgan fingerprint density at radius 3 is 2.53 bits per heavy atom. The second-order valence-electron chi connectivity index (χ2n) is 3.23. The van der Waals surface area contributed by atoms with Crippen LogP contribution in [-0.2, 0) is 0 Å². The average molecular weight is 212 g/mol. The van der Waals surface area contributed by atoms with E-state index in [0.717, 1.165) is 5.56 Å². The molecule has 0 bridgehead atoms. The van der Waals surface area contributed by atoms with Gasteiger partial charge in [-0.05, 0) is 34.2 Å². The summed E-state index contributed by atoms with van der Waals surface area (Å²) in [5, 5.41) is 2.09. The average Bonchev–Trinajstić information content (AvgIpc) is 2.81. The molecular formula is C14H12S. The minimum absolute atomic E-state index is 1.14. The van der Waals surface area contributed by atoms with E-state index in [1.807, 2.05) is 12.2 Å². The Morgan fingerprint density at radius 2 is 1.93 bits per heavy atom. The fourth-order valence-electron chi connectivity index (χ4n) is 1.52. The Morgan fingerprint density at radius 1 is 1.07 bits per heavy atom. The fraction of sp³-hybridized carbons (Fsp3) is 0. The van der Waals surface area contributed by atoms with Crippen LogP contribution in [0.5, 0.6) is 0 Å². The summed E-state index contributed by atoms with van der Waals surface area (Å²) in [6, 6.07) is 10.5. The second-order valence-corrected chi connectivity index (χ2v) is 4.18. The Balaban J connectivity index is 2.61. The predicted molar refractivity (Wildman–Crippen MR) is 69.9 cm³/mol. The normalized spacial score (nSPS) is 9.87. The third kappa shape index (κ3) is 1.92. The molecule has 1 heterocycles. The first kappa shape index (κ1) is 9.94. The van der Waals surface area contributed by atoms with Crippen molar-refractivity contribution in [3.05, 3.63) is 60.0 Å². The van der Waals surface area contributed by atoms with Crippen LogP contribution in [0, 0.1) is 0 Å². The monoisotopic (exact) mass is 212 g/mol. The van der Waals surface area contributed by atoms with Gasteiger partial charge in [-0.15, -0.1) is 11.3 Å². The molecule has 0 aliphatic rings. The first-order chi connectivity index (χ1) is 7.35. The van der Waals surface area contributed by atoms with Crippen LogP contribution in [-0.4, -0.2) is 0 Å². The zero-order chi connectivity index (χ0) is 10.7. The molecular weight excluding hydrogens is 200 g/mol. The van der Waals surface area contributed by atoms with E-state index in [0.29, 0.717) is 0 Å². The van der Waals surface area contributed by atoms with Gasteiger partial charge in [-0.3, -0.25) is 0 Å². The van der Waals surface area contributed by atoms with Gasteiger partial charge in [0.25, 0.3) is 0 Å². The van der Waals surface area contributed by atoms with Crippen molar-refractivity contribution < 1.29 is 0 Å². The van der Waals surface area contributed by atoms with Gasteiger partial charge in [-0.2, -0.15) is 0 Å². The highest BCUT2D eigenvalue weighted by Gasteiger charge is 2.03. The molecule has 2 rings (SSSR count). The molecule has 0 saturated heterocycles. The second kappa shape index (κ2) is 4.28. The van der Waals surface area contributed by atoms with E-state index < -0.39 is 0 Å². The van der Waals surface area contributed by atoms with Gasteiger partial charge in [0.05, 0.1) is 0 Å². The van der Waals surface area contributed by atoms with E-state index in [4.69, 9.17) is 0 Å². The Hall–Kier alpha value is -1.60.